The van der Waals surface area contributed by atoms with E-state index in [1.165, 1.54) is 5.57 Å². The molecule has 0 aliphatic carbocycles. The van der Waals surface area contributed by atoms with Gasteiger partial charge in [0.15, 0.2) is 5.84 Å². The van der Waals surface area contributed by atoms with Crippen molar-refractivity contribution in [3.63, 3.8) is 0 Å². The predicted molar refractivity (Wildman–Crippen MR) is 174 cm³/mol. The Hall–Kier alpha value is -4.11. The fourth-order valence-corrected chi connectivity index (χ4v) is 6.00. The SMILES string of the molecule is C=C/C=C(\N=CN)C(=O)N1CCC(C(CCCC)=C(Br)C(=N)n2ncc(-c3ccc(-c4ccccc4)nc3)c2C)CC1. The summed E-state index contributed by atoms with van der Waals surface area (Å²) in [5.41, 5.74) is 11.7. The molecule has 1 fully saturated rings. The van der Waals surface area contributed by atoms with Gasteiger partial charge in [0.05, 0.1) is 28.4 Å². The molecule has 1 aliphatic heterocycles. The van der Waals surface area contributed by atoms with E-state index in [0.29, 0.717) is 18.9 Å². The summed E-state index contributed by atoms with van der Waals surface area (Å²) in [5.74, 6) is 0.419. The van der Waals surface area contributed by atoms with Crippen LogP contribution in [0.25, 0.3) is 22.4 Å². The lowest BCUT2D eigenvalue weighted by atomic mass is 9.85. The van der Waals surface area contributed by atoms with Crippen LogP contribution in [-0.4, -0.2) is 50.8 Å². The van der Waals surface area contributed by atoms with Crippen LogP contribution in [0.3, 0.4) is 0 Å². The van der Waals surface area contributed by atoms with Crippen LogP contribution in [0.15, 0.2) is 94.3 Å². The van der Waals surface area contributed by atoms with Gasteiger partial charge in [0.2, 0.25) is 0 Å². The lowest BCUT2D eigenvalue weighted by Gasteiger charge is -2.34. The first kappa shape index (κ1) is 30.8. The van der Waals surface area contributed by atoms with Crippen LogP contribution in [-0.2, 0) is 4.79 Å². The number of hydrogen-bond acceptors (Lipinski definition) is 5. The van der Waals surface area contributed by atoms with Crippen LogP contribution in [0.2, 0.25) is 0 Å². The molecule has 0 saturated carbocycles. The van der Waals surface area contributed by atoms with Crippen molar-refractivity contribution in [2.24, 2.45) is 16.6 Å². The smallest absolute Gasteiger partial charge is 0.272 e. The Bertz CT molecular complexity index is 1490. The van der Waals surface area contributed by atoms with E-state index in [2.05, 4.69) is 50.6 Å². The number of carbonyl (C=O) groups is 1. The number of allylic oxidation sites excluding steroid dienone is 4. The van der Waals surface area contributed by atoms with E-state index in [9.17, 15) is 4.79 Å². The number of aromatic nitrogens is 3. The maximum Gasteiger partial charge on any atom is 0.272 e. The van der Waals surface area contributed by atoms with E-state index < -0.39 is 0 Å². The van der Waals surface area contributed by atoms with Gasteiger partial charge in [0.25, 0.3) is 5.91 Å². The zero-order chi connectivity index (χ0) is 30.1. The second-order valence-electron chi connectivity index (χ2n) is 10.3. The van der Waals surface area contributed by atoms with E-state index in [-0.39, 0.29) is 17.5 Å². The van der Waals surface area contributed by atoms with E-state index in [4.69, 9.17) is 11.1 Å². The van der Waals surface area contributed by atoms with Gasteiger partial charge in [-0.2, -0.15) is 5.10 Å². The third kappa shape index (κ3) is 7.02. The Morgan fingerprint density at radius 2 is 1.90 bits per heavy atom. The zero-order valence-corrected chi connectivity index (χ0v) is 25.8. The van der Waals surface area contributed by atoms with E-state index in [1.807, 2.05) is 54.4 Å². The Morgan fingerprint density at radius 1 is 1.17 bits per heavy atom. The molecule has 1 aromatic carbocycles. The Balaban J connectivity index is 1.53. The molecule has 0 bridgehead atoms. The number of benzene rings is 1. The van der Waals surface area contributed by atoms with Crippen LogP contribution < -0.4 is 5.73 Å². The summed E-state index contributed by atoms with van der Waals surface area (Å²) in [6, 6.07) is 14.2. The average Bonchev–Trinajstić information content (AvgIpc) is 3.42. The molecule has 1 saturated heterocycles. The summed E-state index contributed by atoms with van der Waals surface area (Å²) in [5, 5.41) is 13.7. The summed E-state index contributed by atoms with van der Waals surface area (Å²) in [4.78, 5) is 23.5. The number of nitrogens with one attached hydrogen (secondary N) is 1. The van der Waals surface area contributed by atoms with Gasteiger partial charge in [-0.15, -0.1) is 0 Å². The fourth-order valence-electron chi connectivity index (χ4n) is 5.31. The van der Waals surface area contributed by atoms with Gasteiger partial charge in [0.1, 0.15) is 5.70 Å². The minimum atomic E-state index is -0.146. The molecular weight excluding hydrogens is 590 g/mol. The first-order chi connectivity index (χ1) is 20.4. The van der Waals surface area contributed by atoms with Crippen LogP contribution in [0, 0.1) is 18.3 Å². The zero-order valence-electron chi connectivity index (χ0n) is 24.3. The van der Waals surface area contributed by atoms with Crippen LogP contribution in [0.5, 0.6) is 0 Å². The molecule has 42 heavy (non-hydrogen) atoms. The van der Waals surface area contributed by atoms with E-state index >= 15 is 0 Å². The van der Waals surface area contributed by atoms with Crippen molar-refractivity contribution in [2.45, 2.75) is 46.0 Å². The number of amides is 1. The van der Waals surface area contributed by atoms with Crippen molar-refractivity contribution < 1.29 is 4.79 Å². The summed E-state index contributed by atoms with van der Waals surface area (Å²) < 4.78 is 2.46. The molecule has 8 nitrogen and oxygen atoms in total. The Labute approximate surface area is 256 Å². The van der Waals surface area contributed by atoms with Gasteiger partial charge in [0, 0.05) is 36.0 Å². The predicted octanol–water partition coefficient (Wildman–Crippen LogP) is 6.88. The topological polar surface area (TPSA) is 113 Å². The highest BCUT2D eigenvalue weighted by Gasteiger charge is 2.29. The molecular formula is C33H38BrN7O. The number of likely N-dealkylation sites (tertiary alicyclic amines) is 1. The molecule has 218 valence electrons. The minimum absolute atomic E-state index is 0.146. The van der Waals surface area contributed by atoms with Gasteiger partial charge in [-0.05, 0) is 72.2 Å². The number of rotatable bonds is 10. The molecule has 2 aromatic heterocycles. The van der Waals surface area contributed by atoms with Crippen molar-refractivity contribution in [1.29, 1.82) is 5.41 Å². The van der Waals surface area contributed by atoms with Gasteiger partial charge in [-0.1, -0.05) is 62.4 Å². The molecule has 4 rings (SSSR count). The fraction of sp³-hybridized carbons (Fsp3) is 0.303. The standard InChI is InChI=1S/C33H38BrN7O/c1-4-6-13-27(24-16-18-40(19-17-24)33(42)30(10-5-2)38-22-35)31(34)32(36)41-23(3)28(21-39-41)26-14-15-29(37-20-26)25-11-8-7-9-12-25/h5,7-12,14-15,20-22,24,36H,2,4,6,13,16-19H2,1,3H3,(H2,35,38)/b30-10-,31-27?,36-32?. The summed E-state index contributed by atoms with van der Waals surface area (Å²) in [6.07, 6.45) is 12.5. The number of pyridine rings is 1. The van der Waals surface area contributed by atoms with Crippen LogP contribution >= 0.6 is 15.9 Å². The minimum Gasteiger partial charge on any atom is -0.390 e. The molecule has 1 amide bonds. The largest absolute Gasteiger partial charge is 0.390 e. The van der Waals surface area contributed by atoms with Crippen molar-refractivity contribution >= 4 is 34.0 Å². The van der Waals surface area contributed by atoms with E-state index in [1.54, 1.807) is 23.0 Å². The maximum atomic E-state index is 13.0. The molecule has 0 radical (unpaired) electrons. The third-order valence-electron chi connectivity index (χ3n) is 7.64. The average molecular weight is 629 g/mol. The quantitative estimate of drug-likeness (QED) is 0.110. The maximum absolute atomic E-state index is 13.0. The number of carbonyl (C=O) groups excluding carboxylic acids is 1. The first-order valence-electron chi connectivity index (χ1n) is 14.3. The second-order valence-corrected chi connectivity index (χ2v) is 11.1. The normalized spacial score (nSPS) is 15.1. The molecule has 0 atom stereocenters. The first-order valence-corrected chi connectivity index (χ1v) is 15.1. The molecule has 0 spiro atoms. The number of aliphatic imine (C=N–C) groups is 1. The van der Waals surface area contributed by atoms with Crippen molar-refractivity contribution in [1.82, 2.24) is 19.7 Å². The number of hydrogen-bond donors (Lipinski definition) is 2. The molecule has 0 unspecified atom stereocenters. The lowest BCUT2D eigenvalue weighted by Crippen LogP contribution is -2.39. The lowest BCUT2D eigenvalue weighted by molar-refractivity contribution is -0.128. The number of unbranched alkanes of at least 4 members (excludes halogenated alkanes) is 1. The number of nitrogens with zero attached hydrogens (tertiary/aromatic N) is 5. The number of nitrogens with two attached hydrogens (primary N) is 1. The Morgan fingerprint density at radius 3 is 2.52 bits per heavy atom. The monoisotopic (exact) mass is 627 g/mol. The highest BCUT2D eigenvalue weighted by atomic mass is 79.9. The third-order valence-corrected chi connectivity index (χ3v) is 8.52. The number of piperidine rings is 1. The summed E-state index contributed by atoms with van der Waals surface area (Å²) >= 11 is 3.80. The molecule has 3 heterocycles. The van der Waals surface area contributed by atoms with Crippen molar-refractivity contribution in [2.75, 3.05) is 13.1 Å². The van der Waals surface area contributed by atoms with Gasteiger partial charge >= 0.3 is 0 Å². The molecule has 3 N–H and O–H groups in total. The Kier molecular flexibility index (Phi) is 10.8. The van der Waals surface area contributed by atoms with Crippen molar-refractivity contribution in [3.05, 3.63) is 95.0 Å². The van der Waals surface area contributed by atoms with Crippen LogP contribution in [0.4, 0.5) is 0 Å². The second kappa shape index (κ2) is 14.7. The number of halogens is 1. The summed E-state index contributed by atoms with van der Waals surface area (Å²) in [7, 11) is 0. The van der Waals surface area contributed by atoms with Crippen molar-refractivity contribution in [3.8, 4) is 22.4 Å². The van der Waals surface area contributed by atoms with Gasteiger partial charge in [-0.25, -0.2) is 9.67 Å². The molecule has 9 heteroatoms. The summed E-state index contributed by atoms with van der Waals surface area (Å²) in [6.45, 7) is 9.04. The van der Waals surface area contributed by atoms with E-state index in [0.717, 1.165) is 71.0 Å². The molecule has 3 aromatic rings. The van der Waals surface area contributed by atoms with Gasteiger partial charge < -0.3 is 10.6 Å². The highest BCUT2D eigenvalue weighted by Crippen LogP contribution is 2.34. The van der Waals surface area contributed by atoms with Gasteiger partial charge in [-0.3, -0.25) is 15.2 Å². The molecule has 1 aliphatic rings. The van der Waals surface area contributed by atoms with Crippen LogP contribution in [0.1, 0.15) is 44.7 Å². The highest BCUT2D eigenvalue weighted by molar-refractivity contribution is 9.12.